The number of rotatable bonds is 0. The Kier molecular flexibility index (Phi) is 4.58. The lowest BCUT2D eigenvalue weighted by Gasteiger charge is -2.07. The largest absolute Gasteiger partial charge is 0.320 e. The zero-order chi connectivity index (χ0) is 9.72. The Bertz CT molecular complexity index is 211. The molecule has 0 aromatic carbocycles. The minimum Gasteiger partial charge on any atom is -0.271 e. The van der Waals surface area contributed by atoms with Crippen LogP contribution in [0.15, 0.2) is 0 Å². The fourth-order valence-corrected chi connectivity index (χ4v) is 1.46. The average molecular weight is 189 g/mol. The molecular formula is C7H13N2O2S+. The normalized spacial score (nSPS) is 11.2. The molecule has 0 rings (SSSR count). The van der Waals surface area contributed by atoms with Crippen LogP contribution >= 0.6 is 11.8 Å². The molecule has 68 valence electrons. The Labute approximate surface area is 76.0 Å². The molecule has 0 radical (unpaired) electrons. The second-order valence-electron chi connectivity index (χ2n) is 2.13. The van der Waals surface area contributed by atoms with E-state index in [1.54, 1.807) is 13.3 Å². The van der Waals surface area contributed by atoms with Crippen LogP contribution < -0.4 is 4.99 Å². The SMILES string of the molecule is C[NH+]=C(SC)N(C(C)=O)C(C)=O. The molecule has 0 aliphatic heterocycles. The minimum atomic E-state index is -0.277. The molecule has 12 heavy (non-hydrogen) atoms. The van der Waals surface area contributed by atoms with Crippen LogP contribution in [-0.4, -0.2) is 35.2 Å². The predicted molar refractivity (Wildman–Crippen MR) is 48.6 cm³/mol. The van der Waals surface area contributed by atoms with Gasteiger partial charge in [-0.25, -0.2) is 9.59 Å². The molecule has 0 aliphatic rings. The maximum atomic E-state index is 11.0. The van der Waals surface area contributed by atoms with Gasteiger partial charge in [-0.1, -0.05) is 0 Å². The Hall–Kier alpha value is -0.840. The van der Waals surface area contributed by atoms with Gasteiger partial charge in [0.05, 0.1) is 7.05 Å². The zero-order valence-corrected chi connectivity index (χ0v) is 8.49. The van der Waals surface area contributed by atoms with Crippen molar-refractivity contribution in [1.29, 1.82) is 0 Å². The number of carbonyl (C=O) groups excluding carboxylic acids is 2. The van der Waals surface area contributed by atoms with E-state index in [-0.39, 0.29) is 11.8 Å². The summed E-state index contributed by atoms with van der Waals surface area (Å²) in [7, 11) is 1.67. The lowest BCUT2D eigenvalue weighted by atomic mass is 10.5. The van der Waals surface area contributed by atoms with E-state index in [1.807, 2.05) is 0 Å². The fraction of sp³-hybridized carbons (Fsp3) is 0.571. The number of carbonyl (C=O) groups is 2. The van der Waals surface area contributed by atoms with Crippen LogP contribution in [0, 0.1) is 0 Å². The van der Waals surface area contributed by atoms with Crippen molar-refractivity contribution < 1.29 is 14.6 Å². The van der Waals surface area contributed by atoms with Crippen LogP contribution in [-0.2, 0) is 9.59 Å². The van der Waals surface area contributed by atoms with Gasteiger partial charge in [-0.15, -0.1) is 4.90 Å². The summed E-state index contributed by atoms with van der Waals surface area (Å²) in [6, 6.07) is 0. The third-order valence-corrected chi connectivity index (χ3v) is 2.01. The quantitative estimate of drug-likeness (QED) is 0.385. The first kappa shape index (κ1) is 11.2. The van der Waals surface area contributed by atoms with Gasteiger partial charge in [0.1, 0.15) is 0 Å². The summed E-state index contributed by atoms with van der Waals surface area (Å²) in [5, 5.41) is 0.551. The van der Waals surface area contributed by atoms with Crippen LogP contribution in [0.3, 0.4) is 0 Å². The molecule has 0 unspecified atom stereocenters. The van der Waals surface area contributed by atoms with E-state index in [0.717, 1.165) is 4.90 Å². The fourth-order valence-electron chi connectivity index (χ4n) is 0.813. The topological polar surface area (TPSA) is 51.4 Å². The predicted octanol–water partition coefficient (Wildman–Crippen LogP) is -1.19. The summed E-state index contributed by atoms with van der Waals surface area (Å²) in [6.45, 7) is 2.71. The first-order chi connectivity index (χ1) is 5.54. The number of nitrogens with one attached hydrogen (secondary N) is 1. The van der Waals surface area contributed by atoms with Crippen LogP contribution in [0.25, 0.3) is 0 Å². The van der Waals surface area contributed by atoms with Crippen molar-refractivity contribution >= 4 is 28.7 Å². The lowest BCUT2D eigenvalue weighted by Crippen LogP contribution is -2.72. The van der Waals surface area contributed by atoms with Crippen molar-refractivity contribution in [3.8, 4) is 0 Å². The van der Waals surface area contributed by atoms with E-state index in [2.05, 4.69) is 4.99 Å². The Morgan fingerprint density at radius 2 is 1.67 bits per heavy atom. The zero-order valence-electron chi connectivity index (χ0n) is 7.67. The molecule has 2 amide bonds. The second-order valence-corrected chi connectivity index (χ2v) is 2.93. The van der Waals surface area contributed by atoms with E-state index in [0.29, 0.717) is 5.17 Å². The van der Waals surface area contributed by atoms with Gasteiger partial charge in [0, 0.05) is 13.8 Å². The van der Waals surface area contributed by atoms with Gasteiger partial charge >= 0.3 is 17.0 Å². The van der Waals surface area contributed by atoms with Crippen molar-refractivity contribution in [2.75, 3.05) is 13.3 Å². The van der Waals surface area contributed by atoms with E-state index in [4.69, 9.17) is 0 Å². The van der Waals surface area contributed by atoms with Crippen LogP contribution in [0.2, 0.25) is 0 Å². The summed E-state index contributed by atoms with van der Waals surface area (Å²) >= 11 is 1.32. The molecule has 0 spiro atoms. The van der Waals surface area contributed by atoms with Crippen LogP contribution in [0.1, 0.15) is 13.8 Å². The molecule has 0 atom stereocenters. The first-order valence-corrected chi connectivity index (χ1v) is 4.67. The third-order valence-electron chi connectivity index (χ3n) is 1.24. The Morgan fingerprint density at radius 3 is 1.75 bits per heavy atom. The molecule has 4 nitrogen and oxygen atoms in total. The Balaban J connectivity index is 4.73. The van der Waals surface area contributed by atoms with Gasteiger partial charge < -0.3 is 0 Å². The van der Waals surface area contributed by atoms with Gasteiger partial charge in [0.15, 0.2) is 0 Å². The van der Waals surface area contributed by atoms with Gasteiger partial charge in [-0.2, -0.15) is 0 Å². The third kappa shape index (κ3) is 2.65. The molecular weight excluding hydrogens is 176 g/mol. The van der Waals surface area contributed by atoms with Crippen molar-refractivity contribution in [3.05, 3.63) is 0 Å². The van der Waals surface area contributed by atoms with Crippen LogP contribution in [0.4, 0.5) is 0 Å². The molecule has 5 heteroatoms. The maximum Gasteiger partial charge on any atom is 0.320 e. The molecule has 0 aliphatic carbocycles. The van der Waals surface area contributed by atoms with Gasteiger partial charge in [-0.3, -0.25) is 4.99 Å². The van der Waals surface area contributed by atoms with E-state index >= 15 is 0 Å². The smallest absolute Gasteiger partial charge is 0.271 e. The highest BCUT2D eigenvalue weighted by Crippen LogP contribution is 2.00. The van der Waals surface area contributed by atoms with Gasteiger partial charge in [0.2, 0.25) is 0 Å². The molecule has 0 heterocycles. The first-order valence-electron chi connectivity index (χ1n) is 3.44. The number of nitrogens with zero attached hydrogens (tertiary/aromatic N) is 1. The summed E-state index contributed by atoms with van der Waals surface area (Å²) in [5.74, 6) is -0.553. The highest BCUT2D eigenvalue weighted by Gasteiger charge is 2.27. The molecule has 0 bridgehead atoms. The number of amidine groups is 1. The molecule has 0 saturated heterocycles. The van der Waals surface area contributed by atoms with Crippen LogP contribution in [0.5, 0.6) is 0 Å². The van der Waals surface area contributed by atoms with Gasteiger partial charge in [-0.05, 0) is 18.0 Å². The Morgan fingerprint density at radius 1 is 1.25 bits per heavy atom. The molecule has 0 aromatic heterocycles. The second kappa shape index (κ2) is 4.92. The monoisotopic (exact) mass is 189 g/mol. The highest BCUT2D eigenvalue weighted by molar-refractivity contribution is 8.13. The van der Waals surface area contributed by atoms with Gasteiger partial charge in [0.25, 0.3) is 0 Å². The summed E-state index contributed by atoms with van der Waals surface area (Å²) in [4.78, 5) is 25.8. The maximum absolute atomic E-state index is 11.0. The summed E-state index contributed by atoms with van der Waals surface area (Å²) < 4.78 is 0. The summed E-state index contributed by atoms with van der Waals surface area (Å²) in [5.41, 5.74) is 0. The number of thioether (sulfide) groups is 1. The number of hydrogen-bond donors (Lipinski definition) is 1. The molecule has 0 saturated carbocycles. The standard InChI is InChI=1S/C7H12N2O2S/c1-5(10)9(6(2)11)7(8-3)12-4/h1-4H3/p+1. The molecule has 0 aromatic rings. The number of hydrogen-bond acceptors (Lipinski definition) is 3. The highest BCUT2D eigenvalue weighted by atomic mass is 32.2. The average Bonchev–Trinajstić information content (AvgIpc) is 1.98. The number of imide groups is 1. The molecule has 1 N–H and O–H groups in total. The minimum absolute atomic E-state index is 0.277. The number of amides is 2. The van der Waals surface area contributed by atoms with Crippen molar-refractivity contribution in [2.45, 2.75) is 13.8 Å². The van der Waals surface area contributed by atoms with Crippen molar-refractivity contribution in [3.63, 3.8) is 0 Å². The molecule has 0 fully saturated rings. The van der Waals surface area contributed by atoms with Crippen molar-refractivity contribution in [1.82, 2.24) is 4.90 Å². The van der Waals surface area contributed by atoms with Crippen molar-refractivity contribution in [2.24, 2.45) is 0 Å². The lowest BCUT2D eigenvalue weighted by molar-refractivity contribution is -0.421. The van der Waals surface area contributed by atoms with E-state index < -0.39 is 0 Å². The van der Waals surface area contributed by atoms with E-state index in [1.165, 1.54) is 25.6 Å². The van der Waals surface area contributed by atoms with E-state index in [9.17, 15) is 9.59 Å². The summed E-state index contributed by atoms with van der Waals surface area (Å²) in [6.07, 6.45) is 1.80.